The van der Waals surface area contributed by atoms with Gasteiger partial charge in [0.05, 0.1) is 0 Å². The fourth-order valence-corrected chi connectivity index (χ4v) is 21.0. The summed E-state index contributed by atoms with van der Waals surface area (Å²) in [6.45, 7) is 18.2. The molecule has 0 aliphatic heterocycles. The van der Waals surface area contributed by atoms with Crippen molar-refractivity contribution in [3.8, 4) is 0 Å². The van der Waals surface area contributed by atoms with E-state index in [1.54, 1.807) is 0 Å². The Morgan fingerprint density at radius 1 is 0.452 bits per heavy atom. The number of rotatable bonds is 10. The first-order valence-electron chi connectivity index (χ1n) is 15.5. The zero-order valence-electron chi connectivity index (χ0n) is 26.5. The van der Waals surface area contributed by atoms with E-state index in [1.807, 2.05) is 0 Å². The first kappa shape index (κ1) is 30.3. The van der Waals surface area contributed by atoms with Crippen LogP contribution in [0.3, 0.4) is 0 Å². The van der Waals surface area contributed by atoms with Crippen LogP contribution in [0.4, 0.5) is 0 Å². The van der Waals surface area contributed by atoms with E-state index in [-0.39, 0.29) is 4.18 Å². The average Bonchev–Trinajstić information content (AvgIpc) is 3.64. The summed E-state index contributed by atoms with van der Waals surface area (Å²) in [5, 5.41) is 11.0. The molecule has 0 saturated carbocycles. The van der Waals surface area contributed by atoms with Gasteiger partial charge in [0.15, 0.2) is 0 Å². The Morgan fingerprint density at radius 3 is 1.02 bits per heavy atom. The van der Waals surface area contributed by atoms with Crippen molar-refractivity contribution in [1.82, 2.24) is 19.6 Å². The molecule has 218 valence electrons. The molecule has 42 heavy (non-hydrogen) atoms. The van der Waals surface area contributed by atoms with Crippen molar-refractivity contribution in [2.75, 3.05) is 0 Å². The summed E-state index contributed by atoms with van der Waals surface area (Å²) in [5.74, 6) is 1.27. The van der Waals surface area contributed by atoms with Gasteiger partial charge < -0.3 is 0 Å². The summed E-state index contributed by atoms with van der Waals surface area (Å²) in [4.78, 5) is 0. The molecule has 5 rings (SSSR count). The number of benzene rings is 3. The summed E-state index contributed by atoms with van der Waals surface area (Å²) >= 11 is -4.10. The zero-order chi connectivity index (χ0) is 30.0. The molecule has 0 radical (unpaired) electrons. The maximum atomic E-state index is 5.51. The number of aromatic nitrogens is 4. The van der Waals surface area contributed by atoms with Crippen LogP contribution in [-0.2, 0) is 0 Å². The number of nitrogens with zero attached hydrogens (tertiary/aromatic N) is 4. The minimum atomic E-state index is -4.10. The van der Waals surface area contributed by atoms with Gasteiger partial charge in [-0.05, 0) is 0 Å². The van der Waals surface area contributed by atoms with E-state index in [1.165, 1.54) is 22.1 Å². The monoisotopic (exact) mass is 666 g/mol. The van der Waals surface area contributed by atoms with Crippen molar-refractivity contribution in [3.05, 3.63) is 126 Å². The molecular formula is C37H46N4Sn. The molecule has 0 bridgehead atoms. The third kappa shape index (κ3) is 5.50. The van der Waals surface area contributed by atoms with Crippen molar-refractivity contribution in [2.24, 2.45) is 0 Å². The molecule has 0 N–H and O–H groups in total. The predicted molar refractivity (Wildman–Crippen MR) is 179 cm³/mol. The van der Waals surface area contributed by atoms with E-state index in [2.05, 4.69) is 168 Å². The summed E-state index contributed by atoms with van der Waals surface area (Å²) in [7, 11) is 0. The van der Waals surface area contributed by atoms with Crippen molar-refractivity contribution >= 4 is 29.1 Å². The standard InChI is InChI=1S/C19H31N4.3C6H5.Sn/c1-12(2)16-9-18(14(5)6)22(20-16)11-23-19(15(7)8)10-17(21-23)13(3)4;3*1-2-4-6-5-3-1;/h9-15H,1-8H3;3*1-5H;. The molecule has 2 aromatic heterocycles. The normalized spacial score (nSPS) is 12.4. The van der Waals surface area contributed by atoms with Crippen LogP contribution in [0.25, 0.3) is 0 Å². The van der Waals surface area contributed by atoms with Crippen molar-refractivity contribution in [3.63, 3.8) is 0 Å². The van der Waals surface area contributed by atoms with Gasteiger partial charge in [-0.1, -0.05) is 0 Å². The van der Waals surface area contributed by atoms with Gasteiger partial charge >= 0.3 is 258 Å². The van der Waals surface area contributed by atoms with Gasteiger partial charge in [-0.3, -0.25) is 0 Å². The van der Waals surface area contributed by atoms with E-state index in [9.17, 15) is 0 Å². The molecule has 4 nitrogen and oxygen atoms in total. The molecule has 0 saturated heterocycles. The van der Waals surface area contributed by atoms with Gasteiger partial charge in [0.2, 0.25) is 0 Å². The summed E-state index contributed by atoms with van der Waals surface area (Å²) in [6.07, 6.45) is 0. The van der Waals surface area contributed by atoms with Crippen molar-refractivity contribution in [2.45, 2.75) is 83.2 Å². The third-order valence-corrected chi connectivity index (χ3v) is 22.7. The van der Waals surface area contributed by atoms with Gasteiger partial charge in [0.1, 0.15) is 0 Å². The summed E-state index contributed by atoms with van der Waals surface area (Å²) in [5.41, 5.74) is 4.81. The second-order valence-corrected chi connectivity index (χ2v) is 23.8. The molecule has 0 atom stereocenters. The van der Waals surface area contributed by atoms with Crippen LogP contribution >= 0.6 is 0 Å². The Morgan fingerprint density at radius 2 is 0.762 bits per heavy atom. The van der Waals surface area contributed by atoms with Crippen LogP contribution in [0.2, 0.25) is 0 Å². The SMILES string of the molecule is CC(C)c1cc(C(C)C)n([CH](n2nc(C(C)C)cc2C(C)C)[Sn]([c]2ccccc2)([c]2ccccc2)[c]2ccccc2)n1. The van der Waals surface area contributed by atoms with Crippen molar-refractivity contribution in [1.29, 1.82) is 0 Å². The van der Waals surface area contributed by atoms with Crippen LogP contribution < -0.4 is 10.7 Å². The van der Waals surface area contributed by atoms with E-state index < -0.39 is 18.4 Å². The molecule has 0 aliphatic rings. The van der Waals surface area contributed by atoms with Gasteiger partial charge in [0.25, 0.3) is 0 Å². The predicted octanol–water partition coefficient (Wildman–Crippen LogP) is 7.33. The summed E-state index contributed by atoms with van der Waals surface area (Å²) < 4.78 is 8.98. The topological polar surface area (TPSA) is 35.6 Å². The number of hydrogen-bond acceptors (Lipinski definition) is 2. The minimum absolute atomic E-state index is 0.0960. The average molecular weight is 666 g/mol. The van der Waals surface area contributed by atoms with Crippen LogP contribution in [0.1, 0.15) is 106 Å². The van der Waals surface area contributed by atoms with E-state index in [0.717, 1.165) is 11.4 Å². The van der Waals surface area contributed by atoms with E-state index in [4.69, 9.17) is 10.2 Å². The third-order valence-electron chi connectivity index (χ3n) is 8.47. The molecule has 0 fully saturated rings. The van der Waals surface area contributed by atoms with E-state index >= 15 is 0 Å². The maximum absolute atomic E-state index is 5.51. The molecule has 0 unspecified atom stereocenters. The van der Waals surface area contributed by atoms with Crippen LogP contribution in [0.5, 0.6) is 0 Å². The van der Waals surface area contributed by atoms with E-state index in [0.29, 0.717) is 23.7 Å². The Hall–Kier alpha value is -3.12. The molecule has 5 aromatic rings. The fourth-order valence-electron chi connectivity index (χ4n) is 6.20. The number of hydrogen-bond donors (Lipinski definition) is 0. The molecule has 0 aliphatic carbocycles. The Balaban J connectivity index is 2.03. The second-order valence-electron chi connectivity index (χ2n) is 12.8. The second kappa shape index (κ2) is 12.6. The van der Waals surface area contributed by atoms with Crippen molar-refractivity contribution < 1.29 is 0 Å². The van der Waals surface area contributed by atoms with Crippen LogP contribution in [0.15, 0.2) is 103 Å². The van der Waals surface area contributed by atoms with Gasteiger partial charge in [0, 0.05) is 0 Å². The molecule has 2 heterocycles. The zero-order valence-corrected chi connectivity index (χ0v) is 29.3. The molecule has 5 heteroatoms. The molecule has 0 amide bonds. The molecule has 0 spiro atoms. The fraction of sp³-hybridized carbons (Fsp3) is 0.351. The van der Waals surface area contributed by atoms with Gasteiger partial charge in [-0.2, -0.15) is 0 Å². The molecular weight excluding hydrogens is 619 g/mol. The van der Waals surface area contributed by atoms with Crippen LogP contribution in [0, 0.1) is 0 Å². The van der Waals surface area contributed by atoms with Gasteiger partial charge in [-0.15, -0.1) is 0 Å². The Bertz CT molecular complexity index is 1430. The first-order valence-corrected chi connectivity index (χ1v) is 21.4. The van der Waals surface area contributed by atoms with Gasteiger partial charge in [-0.25, -0.2) is 0 Å². The quantitative estimate of drug-likeness (QED) is 0.147. The Labute approximate surface area is 256 Å². The first-order chi connectivity index (χ1) is 20.2. The Kier molecular flexibility index (Phi) is 9.12. The van der Waals surface area contributed by atoms with Crippen LogP contribution in [-0.4, -0.2) is 37.9 Å². The summed E-state index contributed by atoms with van der Waals surface area (Å²) in [6, 6.07) is 38.6. The molecule has 3 aromatic carbocycles.